The van der Waals surface area contributed by atoms with Crippen molar-refractivity contribution in [3.8, 4) is 11.1 Å². The van der Waals surface area contributed by atoms with E-state index in [2.05, 4.69) is 248 Å². The zero-order valence-corrected chi connectivity index (χ0v) is 31.8. The lowest BCUT2D eigenvalue weighted by Crippen LogP contribution is -2.09. The second kappa shape index (κ2) is 16.9. The summed E-state index contributed by atoms with van der Waals surface area (Å²) in [5.74, 6) is 0. The number of hydrogen-bond acceptors (Lipinski definition) is 2. The van der Waals surface area contributed by atoms with E-state index in [-0.39, 0.29) is 0 Å². The Kier molecular flexibility index (Phi) is 10.8. The van der Waals surface area contributed by atoms with Gasteiger partial charge < -0.3 is 9.80 Å². The molecule has 0 aliphatic rings. The van der Waals surface area contributed by atoms with Crippen LogP contribution in [0.2, 0.25) is 0 Å². The molecule has 0 amide bonds. The highest BCUT2D eigenvalue weighted by Gasteiger charge is 2.14. The Hall–Kier alpha value is -7.16. The number of anilines is 6. The number of aryl methyl sites for hydroxylation is 2. The van der Waals surface area contributed by atoms with E-state index in [1.807, 2.05) is 6.07 Å². The summed E-state index contributed by atoms with van der Waals surface area (Å²) in [7, 11) is 0. The molecule has 0 fully saturated rings. The Morgan fingerprint density at radius 2 is 0.500 bits per heavy atom. The monoisotopic (exact) mass is 720 g/mol. The average Bonchev–Trinajstić information content (AvgIpc) is 3.26. The van der Waals surface area contributed by atoms with Crippen molar-refractivity contribution in [1.29, 1.82) is 0 Å². The van der Waals surface area contributed by atoms with Crippen molar-refractivity contribution in [2.24, 2.45) is 0 Å². The number of hydrogen-bond donors (Lipinski definition) is 0. The Labute approximate surface area is 331 Å². The van der Waals surface area contributed by atoms with E-state index in [0.717, 1.165) is 50.8 Å². The maximum Gasteiger partial charge on any atom is 0.0462 e. The second-order valence-electron chi connectivity index (χ2n) is 14.1. The Balaban J connectivity index is 0.971. The molecule has 56 heavy (non-hydrogen) atoms. The molecule has 0 unspecified atom stereocenters. The highest BCUT2D eigenvalue weighted by atomic mass is 15.1. The largest absolute Gasteiger partial charge is 0.311 e. The number of para-hydroxylation sites is 1. The van der Waals surface area contributed by atoms with Crippen LogP contribution in [0.1, 0.15) is 33.4 Å². The molecule has 0 bridgehead atoms. The van der Waals surface area contributed by atoms with Gasteiger partial charge in [0.1, 0.15) is 0 Å². The van der Waals surface area contributed by atoms with Crippen molar-refractivity contribution in [2.75, 3.05) is 9.80 Å². The highest BCUT2D eigenvalue weighted by Crippen LogP contribution is 2.37. The third-order valence-corrected chi connectivity index (χ3v) is 10.0. The summed E-state index contributed by atoms with van der Waals surface area (Å²) in [5, 5.41) is 0. The number of nitrogens with zero attached hydrogens (tertiary/aromatic N) is 2. The minimum absolute atomic E-state index is 1.11. The molecule has 2 heteroatoms. The lowest BCUT2D eigenvalue weighted by Gasteiger charge is -2.26. The van der Waals surface area contributed by atoms with Crippen LogP contribution < -0.4 is 9.80 Å². The molecule has 8 rings (SSSR count). The molecular formula is C54H44N2. The van der Waals surface area contributed by atoms with Crippen molar-refractivity contribution in [3.63, 3.8) is 0 Å². The topological polar surface area (TPSA) is 6.48 Å². The van der Waals surface area contributed by atoms with Crippen LogP contribution in [0.4, 0.5) is 34.1 Å². The summed E-state index contributed by atoms with van der Waals surface area (Å²) in [4.78, 5) is 4.61. The lowest BCUT2D eigenvalue weighted by atomic mass is 10.0. The molecular weight excluding hydrogens is 677 g/mol. The SMILES string of the molecule is Cc1ccc(N(c2ccccc2)c2ccc(/C=C/c3ccc(-c4ccc(N(c5ccc(C)cc5)c5ccc(/C=C/c6ccccc6)cc5)cc4)cc3)cc2)cc1. The fourth-order valence-corrected chi connectivity index (χ4v) is 6.87. The first kappa shape index (κ1) is 35.8. The van der Waals surface area contributed by atoms with Crippen LogP contribution in [-0.2, 0) is 0 Å². The van der Waals surface area contributed by atoms with Gasteiger partial charge in [0.2, 0.25) is 0 Å². The molecule has 0 atom stereocenters. The first-order valence-electron chi connectivity index (χ1n) is 19.2. The summed E-state index contributed by atoms with van der Waals surface area (Å²) in [6.45, 7) is 4.25. The van der Waals surface area contributed by atoms with Crippen LogP contribution in [0.15, 0.2) is 206 Å². The van der Waals surface area contributed by atoms with Crippen molar-refractivity contribution in [1.82, 2.24) is 0 Å². The zero-order chi connectivity index (χ0) is 38.1. The van der Waals surface area contributed by atoms with Gasteiger partial charge in [-0.1, -0.05) is 169 Å². The normalized spacial score (nSPS) is 11.2. The van der Waals surface area contributed by atoms with E-state index in [4.69, 9.17) is 0 Å². The molecule has 8 aromatic rings. The van der Waals surface area contributed by atoms with Gasteiger partial charge >= 0.3 is 0 Å². The zero-order valence-electron chi connectivity index (χ0n) is 31.8. The molecule has 8 aromatic carbocycles. The van der Waals surface area contributed by atoms with E-state index in [1.54, 1.807) is 0 Å². The van der Waals surface area contributed by atoms with Gasteiger partial charge in [0.25, 0.3) is 0 Å². The van der Waals surface area contributed by atoms with Gasteiger partial charge in [0.15, 0.2) is 0 Å². The maximum absolute atomic E-state index is 2.32. The van der Waals surface area contributed by atoms with E-state index >= 15 is 0 Å². The van der Waals surface area contributed by atoms with Gasteiger partial charge in [-0.05, 0) is 120 Å². The molecule has 0 spiro atoms. The molecule has 270 valence electrons. The number of benzene rings is 8. The van der Waals surface area contributed by atoms with E-state index < -0.39 is 0 Å². The van der Waals surface area contributed by atoms with Crippen molar-refractivity contribution in [2.45, 2.75) is 13.8 Å². The van der Waals surface area contributed by atoms with Gasteiger partial charge in [-0.2, -0.15) is 0 Å². The van der Waals surface area contributed by atoms with Gasteiger partial charge in [-0.15, -0.1) is 0 Å². The molecule has 0 N–H and O–H groups in total. The first-order chi connectivity index (χ1) is 27.6. The van der Waals surface area contributed by atoms with Crippen LogP contribution >= 0.6 is 0 Å². The Bertz CT molecular complexity index is 2520. The van der Waals surface area contributed by atoms with Crippen molar-refractivity contribution < 1.29 is 0 Å². The lowest BCUT2D eigenvalue weighted by molar-refractivity contribution is 1.27. The van der Waals surface area contributed by atoms with Crippen LogP contribution in [0.5, 0.6) is 0 Å². The smallest absolute Gasteiger partial charge is 0.0462 e. The fourth-order valence-electron chi connectivity index (χ4n) is 6.87. The number of rotatable bonds is 11. The standard InChI is InChI=1S/C54H44N2/c1-41-13-31-50(32-14-41)55(49-11-7-4-8-12-49)52-35-23-46(24-36-52)20-19-44-21-27-47(28-22-44)48-29-39-54(40-30-48)56(51-33-15-42(2)16-34-51)53-37-25-45(26-38-53)18-17-43-9-5-3-6-10-43/h3-40H,1-2H3/b18-17+,20-19+. The van der Waals surface area contributed by atoms with Gasteiger partial charge in [0, 0.05) is 34.1 Å². The predicted octanol–water partition coefficient (Wildman–Crippen LogP) is 15.3. The Morgan fingerprint density at radius 3 is 0.875 bits per heavy atom. The molecule has 2 nitrogen and oxygen atoms in total. The quantitative estimate of drug-likeness (QED) is 0.123. The first-order valence-corrected chi connectivity index (χ1v) is 19.2. The summed E-state index contributed by atoms with van der Waals surface area (Å²) in [6.07, 6.45) is 8.67. The molecule has 0 aliphatic carbocycles. The van der Waals surface area contributed by atoms with Crippen LogP contribution in [0, 0.1) is 13.8 Å². The molecule has 0 saturated carbocycles. The molecule has 0 heterocycles. The summed E-state index contributed by atoms with van der Waals surface area (Å²) < 4.78 is 0. The van der Waals surface area contributed by atoms with Gasteiger partial charge in [-0.3, -0.25) is 0 Å². The van der Waals surface area contributed by atoms with E-state index in [1.165, 1.54) is 27.8 Å². The van der Waals surface area contributed by atoms with Crippen molar-refractivity contribution in [3.05, 3.63) is 240 Å². The predicted molar refractivity (Wildman–Crippen MR) is 241 cm³/mol. The van der Waals surface area contributed by atoms with Crippen LogP contribution in [0.3, 0.4) is 0 Å². The Morgan fingerprint density at radius 1 is 0.250 bits per heavy atom. The fraction of sp³-hybridized carbons (Fsp3) is 0.0370. The van der Waals surface area contributed by atoms with Crippen LogP contribution in [-0.4, -0.2) is 0 Å². The molecule has 0 aromatic heterocycles. The molecule has 0 aliphatic heterocycles. The van der Waals surface area contributed by atoms with Crippen molar-refractivity contribution >= 4 is 58.4 Å². The van der Waals surface area contributed by atoms with E-state index in [0.29, 0.717) is 0 Å². The van der Waals surface area contributed by atoms with Gasteiger partial charge in [0.05, 0.1) is 0 Å². The summed E-state index contributed by atoms with van der Waals surface area (Å²) >= 11 is 0. The maximum atomic E-state index is 2.32. The second-order valence-corrected chi connectivity index (χ2v) is 14.1. The van der Waals surface area contributed by atoms with Crippen LogP contribution in [0.25, 0.3) is 35.4 Å². The van der Waals surface area contributed by atoms with Gasteiger partial charge in [-0.25, -0.2) is 0 Å². The van der Waals surface area contributed by atoms with E-state index in [9.17, 15) is 0 Å². The minimum Gasteiger partial charge on any atom is -0.311 e. The third kappa shape index (κ3) is 8.62. The highest BCUT2D eigenvalue weighted by molar-refractivity contribution is 5.81. The minimum atomic E-state index is 1.11. The summed E-state index contributed by atoms with van der Waals surface area (Å²) in [6, 6.07) is 73.5. The molecule has 0 saturated heterocycles. The summed E-state index contributed by atoms with van der Waals surface area (Å²) in [5.41, 5.74) is 16.3. The third-order valence-electron chi connectivity index (χ3n) is 10.0. The molecule has 0 radical (unpaired) electrons. The average molecular weight is 721 g/mol.